The molecular weight excluding hydrogens is 760 g/mol. The molecule has 3 unspecified atom stereocenters. The molecule has 0 spiro atoms. The van der Waals surface area contributed by atoms with Crippen molar-refractivity contribution in [1.29, 1.82) is 0 Å². The van der Waals surface area contributed by atoms with E-state index in [1.54, 1.807) is 78.8 Å². The lowest BCUT2D eigenvalue weighted by Gasteiger charge is -2.47. The molecule has 2 heterocycles. The number of fused-ring (bicyclic) bond motifs is 2. The third-order valence-electron chi connectivity index (χ3n) is 8.45. The second-order valence-electron chi connectivity index (χ2n) is 12.1. The van der Waals surface area contributed by atoms with Crippen LogP contribution >= 0.6 is 27.0 Å². The Bertz CT molecular complexity index is 1690. The molecule has 0 aliphatic carbocycles. The maximum absolute atomic E-state index is 14.5. The number of β-lactam (4-membered cyclic amide) rings is 1. The van der Waals surface area contributed by atoms with Crippen molar-refractivity contribution in [2.45, 2.75) is 76.1 Å². The van der Waals surface area contributed by atoms with Crippen LogP contribution in [-0.2, 0) is 57.0 Å². The highest BCUT2D eigenvalue weighted by Crippen LogP contribution is 2.72. The first kappa shape index (κ1) is 43.1. The molecule has 4 rings (SSSR count). The summed E-state index contributed by atoms with van der Waals surface area (Å²) in [6.45, 7) is 10.9. The molecule has 4 N–H and O–H groups in total. The van der Waals surface area contributed by atoms with Crippen LogP contribution in [0.2, 0.25) is 0 Å². The summed E-state index contributed by atoms with van der Waals surface area (Å²) in [7, 11) is -9.34. The molecule has 0 bridgehead atoms. The maximum atomic E-state index is 14.5. The van der Waals surface area contributed by atoms with Gasteiger partial charge >= 0.3 is 21.2 Å². The van der Waals surface area contributed by atoms with Gasteiger partial charge in [0.1, 0.15) is 5.92 Å². The number of aliphatic carboxylic acids is 1. The number of amides is 1. The predicted octanol–water partition coefficient (Wildman–Crippen LogP) is 5.86. The van der Waals surface area contributed by atoms with E-state index in [1.807, 2.05) is 0 Å². The van der Waals surface area contributed by atoms with Crippen molar-refractivity contribution in [3.05, 3.63) is 35.9 Å². The van der Waals surface area contributed by atoms with Crippen molar-refractivity contribution < 1.29 is 71.6 Å². The Labute approximate surface area is 311 Å². The number of benzene rings is 2. The van der Waals surface area contributed by atoms with Crippen molar-refractivity contribution in [2.75, 3.05) is 44.9 Å². The largest absolute Gasteiger partial charge is 0.491 e. The van der Waals surface area contributed by atoms with Gasteiger partial charge in [0.05, 0.1) is 54.4 Å². The van der Waals surface area contributed by atoms with E-state index < -0.39 is 60.0 Å². The van der Waals surface area contributed by atoms with Gasteiger partial charge in [0, 0.05) is 6.54 Å². The Hall–Kier alpha value is -2.64. The molecule has 2 fully saturated rings. The number of ether oxygens (including phenoxy) is 1. The minimum atomic E-state index is -4.67. The summed E-state index contributed by atoms with van der Waals surface area (Å²) in [6, 6.07) is 8.67. The molecule has 2 aromatic carbocycles. The Morgan fingerprint density at radius 2 is 1.45 bits per heavy atom. The summed E-state index contributed by atoms with van der Waals surface area (Å²) in [4.78, 5) is 61.4. The number of carbonyl (C=O) groups excluding carboxylic acids is 2. The molecule has 18 nitrogen and oxygen atoms in total. The third kappa shape index (κ3) is 8.32. The second-order valence-corrected chi connectivity index (χ2v) is 18.3. The van der Waals surface area contributed by atoms with Crippen LogP contribution in [0.25, 0.3) is 10.8 Å². The summed E-state index contributed by atoms with van der Waals surface area (Å²) < 4.78 is 53.9. The highest BCUT2D eigenvalue weighted by Gasteiger charge is 2.72. The van der Waals surface area contributed by atoms with Gasteiger partial charge in [-0.3, -0.25) is 29.4 Å². The number of nitrogens with one attached hydrogen (secondary N) is 1. The molecule has 0 radical (unpaired) electrons. The summed E-state index contributed by atoms with van der Waals surface area (Å²) in [5, 5.41) is 11.7. The van der Waals surface area contributed by atoms with Crippen LogP contribution in [0.15, 0.2) is 30.3 Å². The molecule has 0 saturated carbocycles. The van der Waals surface area contributed by atoms with E-state index in [1.165, 1.54) is 0 Å². The molecule has 296 valence electrons. The number of hydrogen-bond acceptors (Lipinski definition) is 17. The number of nitrogens with two attached hydrogens (primary N) is 1. The predicted molar refractivity (Wildman–Crippen MR) is 193 cm³/mol. The van der Waals surface area contributed by atoms with Gasteiger partial charge in [-0.1, -0.05) is 24.3 Å². The van der Waals surface area contributed by atoms with Crippen LogP contribution in [0.1, 0.15) is 65.2 Å². The number of carbonyl (C=O) groups is 3. The van der Waals surface area contributed by atoms with Crippen molar-refractivity contribution in [3.8, 4) is 5.75 Å². The van der Waals surface area contributed by atoms with Crippen molar-refractivity contribution >= 4 is 61.1 Å². The van der Waals surface area contributed by atoms with Gasteiger partial charge in [-0.15, -0.1) is 30.5 Å². The average molecular weight is 808 g/mol. The van der Waals surface area contributed by atoms with E-state index in [4.69, 9.17) is 48.7 Å². The Balaban J connectivity index is 1.76. The summed E-state index contributed by atoms with van der Waals surface area (Å²) in [5.74, 6) is -3.84. The SMILES string of the molecule is CCOOP(=O)(OOCC)C(CCNc1cc2ccccc2c(C(=O)C2C(=O)N3C2SC(C)(C)C3(N)C(=O)O)c1OCC)P(=O)(OOCC)OOCC. The van der Waals surface area contributed by atoms with Crippen molar-refractivity contribution in [2.24, 2.45) is 11.7 Å². The van der Waals surface area contributed by atoms with Gasteiger partial charge in [0.15, 0.2) is 16.9 Å². The molecule has 0 aromatic heterocycles. The van der Waals surface area contributed by atoms with E-state index in [0.717, 1.165) is 16.7 Å². The zero-order valence-corrected chi connectivity index (χ0v) is 33.2. The standard InChI is InChI=1S/C32H47N3O15P2S/c1-8-42-27-22(34-18-17-23(51(40,47-43-9-2)48-44-10-3)52(41,49-45-11-4)50-46-12-5)19-20-15-13-14-16-21(20)24(27)26(36)25-28(37)35-29(25)53-31(6,7)32(35,33)30(38)39/h13-16,19,23,25,29,34H,8-12,17-18,33H2,1-7H3,(H,38,39). The van der Waals surface area contributed by atoms with Gasteiger partial charge in [0.2, 0.25) is 11.6 Å². The van der Waals surface area contributed by atoms with E-state index >= 15 is 0 Å². The van der Waals surface area contributed by atoms with E-state index in [-0.39, 0.29) is 63.0 Å². The van der Waals surface area contributed by atoms with Gasteiger partial charge in [-0.05, 0) is 71.7 Å². The summed E-state index contributed by atoms with van der Waals surface area (Å²) in [5.41, 5.74) is 4.66. The number of nitrogens with zero attached hydrogens (tertiary/aromatic N) is 1. The Kier molecular flexibility index (Phi) is 14.5. The topological polar surface area (TPSA) is 230 Å². The fourth-order valence-electron chi connectivity index (χ4n) is 5.95. The first-order chi connectivity index (χ1) is 25.1. The minimum Gasteiger partial charge on any atom is -0.491 e. The Morgan fingerprint density at radius 3 is 1.94 bits per heavy atom. The van der Waals surface area contributed by atoms with Crippen LogP contribution in [0.5, 0.6) is 5.75 Å². The summed E-state index contributed by atoms with van der Waals surface area (Å²) in [6.07, 6.45) is -0.339. The number of Topliss-reactive ketones (excluding diaryl/α,β-unsaturated/α-hetero) is 1. The van der Waals surface area contributed by atoms with Gasteiger partial charge < -0.3 is 15.2 Å². The molecule has 21 heteroatoms. The number of thioether (sulfide) groups is 1. The number of hydrogen-bond donors (Lipinski definition) is 3. The smallest absolute Gasteiger partial charge is 0.399 e. The van der Waals surface area contributed by atoms with Gasteiger partial charge in [-0.2, -0.15) is 0 Å². The van der Waals surface area contributed by atoms with Crippen molar-refractivity contribution in [3.63, 3.8) is 0 Å². The lowest BCUT2D eigenvalue weighted by Crippen LogP contribution is -2.75. The minimum absolute atomic E-state index is 0.0698. The fraction of sp³-hybridized carbons (Fsp3) is 0.594. The van der Waals surface area contributed by atoms with Crippen LogP contribution in [-0.4, -0.2) is 88.4 Å². The normalized spacial score (nSPS) is 21.2. The zero-order valence-electron chi connectivity index (χ0n) is 30.6. The average Bonchev–Trinajstić information content (AvgIpc) is 3.31. The number of ketones is 1. The van der Waals surface area contributed by atoms with Gasteiger partial charge in [-0.25, -0.2) is 24.3 Å². The highest BCUT2D eigenvalue weighted by molar-refractivity contribution is 8.01. The van der Waals surface area contributed by atoms with E-state index in [2.05, 4.69) is 5.32 Å². The highest BCUT2D eigenvalue weighted by atomic mass is 32.2. The number of carboxylic acid groups (broad SMARTS) is 1. The maximum Gasteiger partial charge on any atom is 0.399 e. The lowest BCUT2D eigenvalue weighted by molar-refractivity contribution is -0.272. The van der Waals surface area contributed by atoms with Crippen LogP contribution in [0, 0.1) is 5.92 Å². The number of rotatable bonds is 23. The van der Waals surface area contributed by atoms with Crippen molar-refractivity contribution in [1.82, 2.24) is 4.90 Å². The number of anilines is 1. The van der Waals surface area contributed by atoms with E-state index in [0.29, 0.717) is 10.8 Å². The molecule has 1 amide bonds. The zero-order chi connectivity index (χ0) is 39.2. The molecule has 2 aliphatic heterocycles. The first-order valence-corrected chi connectivity index (χ1v) is 21.2. The molecular formula is C32H47N3O15P2S. The monoisotopic (exact) mass is 807 g/mol. The Morgan fingerprint density at radius 1 is 0.925 bits per heavy atom. The fourth-order valence-corrected chi connectivity index (χ4v) is 11.9. The number of carboxylic acids is 1. The van der Waals surface area contributed by atoms with Crippen LogP contribution in [0.3, 0.4) is 0 Å². The molecule has 3 atom stereocenters. The van der Waals surface area contributed by atoms with Crippen LogP contribution < -0.4 is 15.8 Å². The lowest BCUT2D eigenvalue weighted by atomic mass is 9.82. The van der Waals surface area contributed by atoms with Gasteiger partial charge in [0.25, 0.3) is 0 Å². The first-order valence-electron chi connectivity index (χ1n) is 17.1. The molecule has 2 aromatic rings. The molecule has 2 aliphatic rings. The molecule has 53 heavy (non-hydrogen) atoms. The third-order valence-corrected chi connectivity index (χ3v) is 15.0. The van der Waals surface area contributed by atoms with Crippen LogP contribution in [0.4, 0.5) is 5.69 Å². The molecule has 2 saturated heterocycles. The quantitative estimate of drug-likeness (QED) is 0.0298. The summed E-state index contributed by atoms with van der Waals surface area (Å²) >= 11 is 1.14. The van der Waals surface area contributed by atoms with E-state index in [9.17, 15) is 28.6 Å². The second kappa shape index (κ2) is 17.9.